The summed E-state index contributed by atoms with van der Waals surface area (Å²) in [5.41, 5.74) is -0.338. The normalized spacial score (nSPS) is 18.8. The molecule has 2 atom stereocenters. The number of nitrogens with one attached hydrogen (secondary N) is 1. The molecule has 5 nitrogen and oxygen atoms in total. The zero-order valence-corrected chi connectivity index (χ0v) is 21.7. The Labute approximate surface area is 223 Å². The minimum Gasteiger partial charge on any atom is -0.465 e. The summed E-state index contributed by atoms with van der Waals surface area (Å²) in [6.07, 6.45) is -5.30. The number of rotatable bonds is 7. The Morgan fingerprint density at radius 3 is 2.08 bits per heavy atom. The van der Waals surface area contributed by atoms with E-state index in [0.29, 0.717) is 30.6 Å². The van der Waals surface area contributed by atoms with E-state index in [1.807, 2.05) is 6.92 Å². The fraction of sp³-hybridized carbons (Fsp3) is 0.464. The molecule has 2 heterocycles. The lowest BCUT2D eigenvalue weighted by atomic mass is 9.97. The quantitative estimate of drug-likeness (QED) is 0.325. The van der Waals surface area contributed by atoms with Crippen LogP contribution in [0.3, 0.4) is 0 Å². The first-order chi connectivity index (χ1) is 18.3. The monoisotopic (exact) mass is 555 g/mol. The summed E-state index contributed by atoms with van der Waals surface area (Å²) in [7, 11) is 0. The maximum absolute atomic E-state index is 13.6. The number of benzene rings is 2. The smallest absolute Gasteiger partial charge is 0.416 e. The highest BCUT2D eigenvalue weighted by molar-refractivity contribution is 5.89. The predicted molar refractivity (Wildman–Crippen MR) is 137 cm³/mol. The molecule has 212 valence electrons. The van der Waals surface area contributed by atoms with Gasteiger partial charge in [0.1, 0.15) is 6.61 Å². The highest BCUT2D eigenvalue weighted by Gasteiger charge is 2.35. The largest absolute Gasteiger partial charge is 0.465 e. The van der Waals surface area contributed by atoms with E-state index in [2.05, 4.69) is 10.2 Å². The lowest BCUT2D eigenvalue weighted by molar-refractivity contribution is -0.141. The second-order valence-corrected chi connectivity index (χ2v) is 10.1. The summed E-state index contributed by atoms with van der Waals surface area (Å²) >= 11 is 0. The molecule has 0 amide bonds. The summed E-state index contributed by atoms with van der Waals surface area (Å²) in [6, 6.07) is 6.75. The van der Waals surface area contributed by atoms with Crippen molar-refractivity contribution in [2.24, 2.45) is 5.92 Å². The van der Waals surface area contributed by atoms with Crippen LogP contribution in [0.15, 0.2) is 36.4 Å². The maximum atomic E-state index is 13.6. The lowest BCUT2D eigenvalue weighted by Crippen LogP contribution is -2.53. The molecule has 0 saturated carbocycles. The Morgan fingerprint density at radius 1 is 1.00 bits per heavy atom. The molecular weight excluding hydrogens is 524 g/mol. The molecule has 2 aromatic carbocycles. The van der Waals surface area contributed by atoms with E-state index >= 15 is 0 Å². The Bertz CT molecular complexity index is 1140. The number of hydrogen-bond acceptors (Lipinski definition) is 5. The Hall–Kier alpha value is -3.05. The highest BCUT2D eigenvalue weighted by atomic mass is 19.4. The minimum atomic E-state index is -4.60. The molecule has 0 aromatic heterocycles. The number of piperazine rings is 1. The van der Waals surface area contributed by atoms with Crippen LogP contribution in [0.25, 0.3) is 12.2 Å². The average molecular weight is 556 g/mol. The fourth-order valence-electron chi connectivity index (χ4n) is 5.18. The molecule has 4 rings (SSSR count). The molecule has 1 N–H and O–H groups in total. The van der Waals surface area contributed by atoms with Gasteiger partial charge in [0.2, 0.25) is 0 Å². The van der Waals surface area contributed by atoms with E-state index in [1.165, 1.54) is 19.1 Å². The van der Waals surface area contributed by atoms with Gasteiger partial charge >= 0.3 is 18.3 Å². The van der Waals surface area contributed by atoms with Crippen molar-refractivity contribution in [1.29, 1.82) is 0 Å². The molecule has 0 radical (unpaired) electrons. The SMILES string of the molecule is CC(=O)OCCN1CCNCC1CC(C)CN1c2cc(C(F)(F)F)ccc2C=Cc2ccc(C(F)(F)F)cc21. The number of hydrogen-bond donors (Lipinski definition) is 1. The summed E-state index contributed by atoms with van der Waals surface area (Å²) in [5.74, 6) is -0.465. The van der Waals surface area contributed by atoms with Gasteiger partial charge in [-0.3, -0.25) is 9.69 Å². The van der Waals surface area contributed by atoms with Gasteiger partial charge in [-0.05, 0) is 47.7 Å². The number of alkyl halides is 6. The molecule has 0 spiro atoms. The van der Waals surface area contributed by atoms with Crippen LogP contribution in [0.4, 0.5) is 37.7 Å². The van der Waals surface area contributed by atoms with Crippen LogP contribution in [0.5, 0.6) is 0 Å². The van der Waals surface area contributed by atoms with E-state index < -0.39 is 23.5 Å². The first-order valence-corrected chi connectivity index (χ1v) is 12.8. The van der Waals surface area contributed by atoms with E-state index in [-0.39, 0.29) is 42.5 Å². The van der Waals surface area contributed by atoms with Crippen molar-refractivity contribution in [3.8, 4) is 0 Å². The summed E-state index contributed by atoms with van der Waals surface area (Å²) < 4.78 is 86.9. The number of nitrogens with zero attached hydrogens (tertiary/aromatic N) is 2. The van der Waals surface area contributed by atoms with Gasteiger partial charge in [-0.2, -0.15) is 26.3 Å². The standard InChI is InChI=1S/C28H31F6N3O2/c1-18(13-24-16-35-9-10-36(24)11-12-39-19(2)38)17-37-25-14-22(27(29,30)31)7-5-20(25)3-4-21-6-8-23(15-26(21)37)28(32,33)34/h3-8,14-15,18,24,35H,9-13,16-17H2,1-2H3. The molecule has 1 saturated heterocycles. The summed E-state index contributed by atoms with van der Waals surface area (Å²) in [6.45, 7) is 6.47. The van der Waals surface area contributed by atoms with E-state index in [4.69, 9.17) is 4.74 Å². The molecule has 11 heteroatoms. The second kappa shape index (κ2) is 11.6. The van der Waals surface area contributed by atoms with Crippen molar-refractivity contribution in [3.63, 3.8) is 0 Å². The molecule has 2 aliphatic heterocycles. The molecular formula is C28H31F6N3O2. The van der Waals surface area contributed by atoms with Gasteiger partial charge in [0.05, 0.1) is 11.1 Å². The molecule has 2 aromatic rings. The van der Waals surface area contributed by atoms with Gasteiger partial charge in [-0.15, -0.1) is 0 Å². The van der Waals surface area contributed by atoms with Gasteiger partial charge in [0, 0.05) is 57.1 Å². The Kier molecular flexibility index (Phi) is 8.60. The van der Waals surface area contributed by atoms with Crippen molar-refractivity contribution in [3.05, 3.63) is 58.7 Å². The highest BCUT2D eigenvalue weighted by Crippen LogP contribution is 2.43. The van der Waals surface area contributed by atoms with E-state index in [1.54, 1.807) is 17.1 Å². The van der Waals surface area contributed by atoms with Crippen LogP contribution in [0.1, 0.15) is 42.5 Å². The third-order valence-electron chi connectivity index (χ3n) is 7.06. The number of carbonyl (C=O) groups is 1. The predicted octanol–water partition coefficient (Wildman–Crippen LogP) is 6.21. The molecule has 0 bridgehead atoms. The molecule has 0 aliphatic carbocycles. The van der Waals surface area contributed by atoms with Crippen molar-refractivity contribution >= 4 is 29.5 Å². The topological polar surface area (TPSA) is 44.8 Å². The summed E-state index contributed by atoms with van der Waals surface area (Å²) in [4.78, 5) is 14.9. The third kappa shape index (κ3) is 7.13. The van der Waals surface area contributed by atoms with Crippen molar-refractivity contribution in [2.75, 3.05) is 44.2 Å². The van der Waals surface area contributed by atoms with Gasteiger partial charge in [0.25, 0.3) is 0 Å². The number of ether oxygens (including phenoxy) is 1. The van der Waals surface area contributed by atoms with Crippen molar-refractivity contribution < 1.29 is 35.9 Å². The van der Waals surface area contributed by atoms with Crippen LogP contribution >= 0.6 is 0 Å². The van der Waals surface area contributed by atoms with Gasteiger partial charge in [0.15, 0.2) is 0 Å². The lowest BCUT2D eigenvalue weighted by Gasteiger charge is -2.38. The number of halogens is 6. The van der Waals surface area contributed by atoms with Crippen LogP contribution in [0, 0.1) is 5.92 Å². The van der Waals surface area contributed by atoms with Crippen molar-refractivity contribution in [2.45, 2.75) is 38.7 Å². The van der Waals surface area contributed by atoms with Gasteiger partial charge in [-0.25, -0.2) is 0 Å². The van der Waals surface area contributed by atoms with Crippen LogP contribution in [-0.2, 0) is 21.9 Å². The molecule has 2 unspecified atom stereocenters. The zero-order chi connectivity index (χ0) is 28.4. The van der Waals surface area contributed by atoms with E-state index in [9.17, 15) is 31.1 Å². The first-order valence-electron chi connectivity index (χ1n) is 12.8. The van der Waals surface area contributed by atoms with E-state index in [0.717, 1.165) is 37.4 Å². The zero-order valence-electron chi connectivity index (χ0n) is 21.7. The number of esters is 1. The van der Waals surface area contributed by atoms with Gasteiger partial charge in [-0.1, -0.05) is 31.2 Å². The maximum Gasteiger partial charge on any atom is 0.416 e. The second-order valence-electron chi connectivity index (χ2n) is 10.1. The van der Waals surface area contributed by atoms with Crippen LogP contribution in [0.2, 0.25) is 0 Å². The van der Waals surface area contributed by atoms with Crippen LogP contribution < -0.4 is 10.2 Å². The fourth-order valence-corrected chi connectivity index (χ4v) is 5.18. The van der Waals surface area contributed by atoms with Crippen molar-refractivity contribution in [1.82, 2.24) is 10.2 Å². The first kappa shape index (κ1) is 28.9. The Balaban J connectivity index is 1.66. The summed E-state index contributed by atoms with van der Waals surface area (Å²) in [5, 5.41) is 3.34. The number of fused-ring (bicyclic) bond motifs is 2. The van der Waals surface area contributed by atoms with Gasteiger partial charge < -0.3 is 15.0 Å². The third-order valence-corrected chi connectivity index (χ3v) is 7.06. The Morgan fingerprint density at radius 2 is 1.56 bits per heavy atom. The van der Waals surface area contributed by atoms with Crippen LogP contribution in [-0.4, -0.2) is 56.2 Å². The molecule has 1 fully saturated rings. The number of anilines is 2. The number of carbonyl (C=O) groups excluding carboxylic acids is 1. The average Bonchev–Trinajstić information content (AvgIpc) is 3.00. The molecule has 39 heavy (non-hydrogen) atoms. The molecule has 2 aliphatic rings. The minimum absolute atomic E-state index is 0.0661.